The minimum atomic E-state index is -0.549. The van der Waals surface area contributed by atoms with E-state index >= 15 is 0 Å². The minimum Gasteiger partial charge on any atom is -0.494 e. The number of amides is 2. The number of benzene rings is 2. The zero-order valence-corrected chi connectivity index (χ0v) is 21.4. The second-order valence-electron chi connectivity index (χ2n) is 10.9. The number of piperidine rings is 1. The molecule has 1 saturated heterocycles. The highest BCUT2D eigenvalue weighted by molar-refractivity contribution is 6.58. The van der Waals surface area contributed by atoms with Gasteiger partial charge in [-0.25, -0.2) is 9.79 Å². The van der Waals surface area contributed by atoms with Gasteiger partial charge in [0.05, 0.1) is 11.3 Å². The summed E-state index contributed by atoms with van der Waals surface area (Å²) in [5.41, 5.74) is 3.18. The summed E-state index contributed by atoms with van der Waals surface area (Å²) >= 11 is 0. The van der Waals surface area contributed by atoms with E-state index in [2.05, 4.69) is 15.5 Å². The average Bonchev–Trinajstić information content (AvgIpc) is 3.22. The van der Waals surface area contributed by atoms with E-state index in [1.165, 1.54) is 0 Å². The molecule has 196 valence electrons. The number of alkyl carbamates (subject to hydrolysis) is 1. The lowest BCUT2D eigenvalue weighted by Gasteiger charge is -2.22. The van der Waals surface area contributed by atoms with Crippen molar-refractivity contribution >= 4 is 40.0 Å². The Morgan fingerprint density at radius 3 is 2.61 bits per heavy atom. The summed E-state index contributed by atoms with van der Waals surface area (Å²) in [6, 6.07) is 15.1. The van der Waals surface area contributed by atoms with Crippen molar-refractivity contribution in [1.82, 2.24) is 15.2 Å². The van der Waals surface area contributed by atoms with Gasteiger partial charge in [-0.1, -0.05) is 41.6 Å². The Balaban J connectivity index is 1.12. The van der Waals surface area contributed by atoms with Gasteiger partial charge in [0, 0.05) is 47.4 Å². The molecule has 0 bridgehead atoms. The number of aromatic nitrogens is 1. The molecule has 3 aromatic rings. The standard InChI is InChI=1S/C28H29N5O5/c1-28(2,3)38-27(36)31-23-17-12-33(13-18(17)23)21(34)14-37-32-24-16-9-5-7-11-20(16)29-25(24)22-15-8-4-6-10-19(15)30-26(22)35/h4-11,17-18,23,30,35H,12-14H2,1-3H3,(H,31,36)/t17-,18+,23?. The highest BCUT2D eigenvalue weighted by Gasteiger charge is 2.57. The maximum Gasteiger partial charge on any atom is 0.407 e. The fourth-order valence-corrected chi connectivity index (χ4v) is 5.34. The van der Waals surface area contributed by atoms with Gasteiger partial charge in [-0.15, -0.1) is 0 Å². The number of nitrogens with one attached hydrogen (secondary N) is 2. The van der Waals surface area contributed by atoms with E-state index in [0.717, 1.165) is 16.5 Å². The number of hydrogen-bond donors (Lipinski definition) is 3. The van der Waals surface area contributed by atoms with Gasteiger partial charge in [0.15, 0.2) is 12.5 Å². The van der Waals surface area contributed by atoms with Gasteiger partial charge in [0.25, 0.3) is 5.91 Å². The number of aromatic amines is 1. The Morgan fingerprint density at radius 2 is 1.84 bits per heavy atom. The highest BCUT2D eigenvalue weighted by Crippen LogP contribution is 2.45. The lowest BCUT2D eigenvalue weighted by atomic mass is 10.0. The Hall–Kier alpha value is -4.34. The van der Waals surface area contributed by atoms with Gasteiger partial charge in [0.1, 0.15) is 17.0 Å². The van der Waals surface area contributed by atoms with Crippen LogP contribution in [0.5, 0.6) is 5.88 Å². The molecule has 38 heavy (non-hydrogen) atoms. The second-order valence-corrected chi connectivity index (χ2v) is 10.9. The number of ether oxygens (including phenoxy) is 1. The number of likely N-dealkylation sites (tertiary alicyclic amines) is 1. The summed E-state index contributed by atoms with van der Waals surface area (Å²) in [6.45, 7) is 6.37. The number of para-hydroxylation sites is 2. The summed E-state index contributed by atoms with van der Waals surface area (Å²) in [5, 5.41) is 18.7. The summed E-state index contributed by atoms with van der Waals surface area (Å²) in [5.74, 6) is 0.274. The molecule has 2 fully saturated rings. The molecule has 1 unspecified atom stereocenters. The Morgan fingerprint density at radius 1 is 1.13 bits per heavy atom. The Kier molecular flexibility index (Phi) is 5.62. The molecule has 1 aromatic heterocycles. The number of H-pyrrole nitrogens is 1. The maximum atomic E-state index is 12.8. The SMILES string of the molecule is CC(C)(C)OC(=O)NC1[C@H]2CN(C(=O)CON=C3C(c4c(O)[nH]c5ccccc45)=Nc4ccccc43)C[C@@H]12. The van der Waals surface area contributed by atoms with Gasteiger partial charge < -0.3 is 29.9 Å². The lowest BCUT2D eigenvalue weighted by molar-refractivity contribution is -0.135. The van der Waals surface area contributed by atoms with Crippen molar-refractivity contribution in [3.63, 3.8) is 0 Å². The number of aromatic hydroxyl groups is 1. The zero-order chi connectivity index (χ0) is 26.6. The summed E-state index contributed by atoms with van der Waals surface area (Å²) < 4.78 is 5.33. The third kappa shape index (κ3) is 4.36. The quantitative estimate of drug-likeness (QED) is 0.446. The first kappa shape index (κ1) is 24.0. The van der Waals surface area contributed by atoms with Gasteiger partial charge in [0.2, 0.25) is 0 Å². The predicted octanol–water partition coefficient (Wildman–Crippen LogP) is 3.71. The van der Waals surface area contributed by atoms with Crippen LogP contribution in [0, 0.1) is 11.8 Å². The smallest absolute Gasteiger partial charge is 0.407 e. The number of nitrogens with zero attached hydrogens (tertiary/aromatic N) is 3. The zero-order valence-electron chi connectivity index (χ0n) is 21.4. The molecule has 0 radical (unpaired) electrons. The van der Waals surface area contributed by atoms with Crippen LogP contribution in [0.4, 0.5) is 10.5 Å². The molecule has 3 aliphatic rings. The Labute approximate surface area is 219 Å². The number of hydrogen-bond acceptors (Lipinski definition) is 7. The van der Waals surface area contributed by atoms with Crippen LogP contribution in [0.15, 0.2) is 58.7 Å². The molecular weight excluding hydrogens is 486 g/mol. The highest BCUT2D eigenvalue weighted by atomic mass is 16.6. The van der Waals surface area contributed by atoms with Crippen molar-refractivity contribution in [2.45, 2.75) is 32.4 Å². The van der Waals surface area contributed by atoms with E-state index in [-0.39, 0.29) is 36.3 Å². The monoisotopic (exact) mass is 515 g/mol. The lowest BCUT2D eigenvalue weighted by Crippen LogP contribution is -2.40. The summed E-state index contributed by atoms with van der Waals surface area (Å²) in [7, 11) is 0. The topological polar surface area (TPSA) is 129 Å². The molecule has 10 heteroatoms. The number of oxime groups is 1. The second kappa shape index (κ2) is 8.90. The van der Waals surface area contributed by atoms with Crippen molar-refractivity contribution in [2.24, 2.45) is 22.0 Å². The van der Waals surface area contributed by atoms with E-state index in [9.17, 15) is 14.7 Å². The molecule has 0 spiro atoms. The van der Waals surface area contributed by atoms with Crippen LogP contribution in [0.2, 0.25) is 0 Å². The molecule has 2 aliphatic heterocycles. The fourth-order valence-electron chi connectivity index (χ4n) is 5.34. The van der Waals surface area contributed by atoms with Crippen molar-refractivity contribution in [1.29, 1.82) is 0 Å². The van der Waals surface area contributed by atoms with Crippen LogP contribution in [-0.2, 0) is 14.4 Å². The minimum absolute atomic E-state index is 0.00707. The number of fused-ring (bicyclic) bond motifs is 3. The molecule has 2 amide bonds. The number of carbonyl (C=O) groups is 2. The summed E-state index contributed by atoms with van der Waals surface area (Å²) in [4.78, 5) is 39.9. The van der Waals surface area contributed by atoms with E-state index in [1.807, 2.05) is 69.3 Å². The normalized spacial score (nSPS) is 22.7. The van der Waals surface area contributed by atoms with Crippen molar-refractivity contribution in [3.05, 3.63) is 59.7 Å². The largest absolute Gasteiger partial charge is 0.494 e. The third-order valence-corrected chi connectivity index (χ3v) is 7.11. The predicted molar refractivity (Wildman–Crippen MR) is 142 cm³/mol. The third-order valence-electron chi connectivity index (χ3n) is 7.11. The van der Waals surface area contributed by atoms with Gasteiger partial charge in [-0.2, -0.15) is 0 Å². The van der Waals surface area contributed by atoms with Gasteiger partial charge in [-0.05, 0) is 32.9 Å². The molecule has 1 saturated carbocycles. The number of aliphatic imine (C=N–C) groups is 1. The molecule has 3 atom stereocenters. The average molecular weight is 516 g/mol. The van der Waals surface area contributed by atoms with Crippen molar-refractivity contribution < 1.29 is 24.3 Å². The molecule has 2 aromatic carbocycles. The van der Waals surface area contributed by atoms with Crippen LogP contribution in [-0.4, -0.2) is 69.8 Å². The first-order valence-corrected chi connectivity index (χ1v) is 12.7. The van der Waals surface area contributed by atoms with Crippen LogP contribution in [0.3, 0.4) is 0 Å². The van der Waals surface area contributed by atoms with E-state index < -0.39 is 11.7 Å². The van der Waals surface area contributed by atoms with E-state index in [4.69, 9.17) is 14.6 Å². The van der Waals surface area contributed by atoms with E-state index in [1.54, 1.807) is 4.90 Å². The molecule has 10 nitrogen and oxygen atoms in total. The van der Waals surface area contributed by atoms with Gasteiger partial charge >= 0.3 is 6.09 Å². The van der Waals surface area contributed by atoms with Gasteiger partial charge in [-0.3, -0.25) is 4.79 Å². The van der Waals surface area contributed by atoms with Crippen molar-refractivity contribution in [3.8, 4) is 5.88 Å². The maximum absolute atomic E-state index is 12.8. The molecule has 3 heterocycles. The van der Waals surface area contributed by atoms with Crippen LogP contribution < -0.4 is 5.32 Å². The van der Waals surface area contributed by atoms with Crippen LogP contribution in [0.1, 0.15) is 31.9 Å². The first-order chi connectivity index (χ1) is 18.2. The van der Waals surface area contributed by atoms with E-state index in [0.29, 0.717) is 35.8 Å². The summed E-state index contributed by atoms with van der Waals surface area (Å²) in [6.07, 6.45) is -0.426. The number of rotatable bonds is 5. The first-order valence-electron chi connectivity index (χ1n) is 12.7. The molecule has 1 aliphatic carbocycles. The number of carbonyl (C=O) groups excluding carboxylic acids is 2. The Bertz CT molecular complexity index is 1490. The van der Waals surface area contributed by atoms with Crippen LogP contribution >= 0.6 is 0 Å². The van der Waals surface area contributed by atoms with Crippen molar-refractivity contribution in [2.75, 3.05) is 19.7 Å². The molecule has 6 rings (SSSR count). The molecule has 3 N–H and O–H groups in total. The fraction of sp³-hybridized carbons (Fsp3) is 0.357. The molecular formula is C28H29N5O5. The van der Waals surface area contributed by atoms with Crippen LogP contribution in [0.25, 0.3) is 10.9 Å².